The minimum atomic E-state index is -0.892. The van der Waals surface area contributed by atoms with Crippen molar-refractivity contribution in [2.75, 3.05) is 27.3 Å². The molecule has 57 heavy (non-hydrogen) atoms. The largest absolute Gasteiger partial charge is 0.453 e. The highest BCUT2D eigenvalue weighted by Crippen LogP contribution is 2.35. The van der Waals surface area contributed by atoms with Crippen molar-refractivity contribution in [1.29, 1.82) is 0 Å². The van der Waals surface area contributed by atoms with E-state index in [-0.39, 0.29) is 29.8 Å². The lowest BCUT2D eigenvalue weighted by Gasteiger charge is -2.30. The van der Waals surface area contributed by atoms with E-state index in [1.165, 1.54) is 14.2 Å². The van der Waals surface area contributed by atoms with Gasteiger partial charge in [0, 0.05) is 24.2 Å². The second kappa shape index (κ2) is 17.0. The minimum Gasteiger partial charge on any atom is -0.453 e. The van der Waals surface area contributed by atoms with Gasteiger partial charge in [0.05, 0.1) is 44.4 Å². The number of alkyl carbamates (subject to hydrolysis) is 2. The van der Waals surface area contributed by atoms with Crippen LogP contribution in [0.4, 0.5) is 9.59 Å². The smallest absolute Gasteiger partial charge is 0.407 e. The van der Waals surface area contributed by atoms with Crippen molar-refractivity contribution in [2.24, 2.45) is 5.92 Å². The van der Waals surface area contributed by atoms with Gasteiger partial charge in [0.2, 0.25) is 5.91 Å². The van der Waals surface area contributed by atoms with Gasteiger partial charge in [-0.3, -0.25) is 9.59 Å². The van der Waals surface area contributed by atoms with Crippen molar-refractivity contribution in [3.63, 3.8) is 0 Å². The topological polar surface area (TPSA) is 175 Å². The summed E-state index contributed by atoms with van der Waals surface area (Å²) in [5.41, 5.74) is 3.93. The van der Waals surface area contributed by atoms with Crippen LogP contribution in [0.25, 0.3) is 22.0 Å². The maximum atomic E-state index is 13.8. The van der Waals surface area contributed by atoms with Crippen LogP contribution in [0.3, 0.4) is 0 Å². The van der Waals surface area contributed by atoms with Gasteiger partial charge in [0.25, 0.3) is 5.91 Å². The lowest BCUT2D eigenvalue weighted by molar-refractivity contribution is -0.135. The van der Waals surface area contributed by atoms with E-state index in [4.69, 9.17) is 9.47 Å². The van der Waals surface area contributed by atoms with E-state index in [9.17, 15) is 19.2 Å². The number of carbonyl (C=O) groups excluding carboxylic acids is 4. The number of methoxy groups -OCH3 is 2. The Labute approximate surface area is 330 Å². The molecule has 2 fully saturated rings. The molecule has 14 nitrogen and oxygen atoms in total. The third-order valence-electron chi connectivity index (χ3n) is 10.6. The van der Waals surface area contributed by atoms with E-state index in [0.29, 0.717) is 36.0 Å². The van der Waals surface area contributed by atoms with Crippen molar-refractivity contribution in [3.05, 3.63) is 108 Å². The summed E-state index contributed by atoms with van der Waals surface area (Å²) in [6.07, 6.45) is 5.30. The highest BCUT2D eigenvalue weighted by atomic mass is 16.5. The van der Waals surface area contributed by atoms with E-state index in [1.54, 1.807) is 34.3 Å². The zero-order chi connectivity index (χ0) is 40.1. The summed E-state index contributed by atoms with van der Waals surface area (Å²) in [5, 5.41) is 7.44. The number of hydrogen-bond acceptors (Lipinski definition) is 8. The Kier molecular flexibility index (Phi) is 11.5. The standard InChI is InChI=1S/C43H46N8O6/c1-26(2)36(48-42(54)56-3)40(52)50-20-9-13-35(50)39-45-25-33(47-39)31-18-17-29-22-27(14-16-30(29)23-31)15-19-32-24-44-38(46-32)34-12-8-21-51(34)41(53)37(49-43(55)57-4)28-10-6-5-7-11-28/h5-7,10-11,14,16-18,22-26,34-37H,8-9,12-13,20-21H2,1-4H3,(H,44,46)(H,45,47)(H,48,54)(H,49,55)/t34-,35-,36?,37+/m0/s1. The zero-order valence-electron chi connectivity index (χ0n) is 32.4. The van der Waals surface area contributed by atoms with Gasteiger partial charge in [-0.2, -0.15) is 0 Å². The number of fused-ring (bicyclic) bond motifs is 1. The summed E-state index contributed by atoms with van der Waals surface area (Å²) in [6.45, 7) is 4.91. The van der Waals surface area contributed by atoms with Gasteiger partial charge in [0.15, 0.2) is 0 Å². The number of amides is 4. The molecular formula is C43H46N8O6. The predicted molar refractivity (Wildman–Crippen MR) is 212 cm³/mol. The van der Waals surface area contributed by atoms with Crippen LogP contribution in [0.2, 0.25) is 0 Å². The second-order valence-corrected chi connectivity index (χ2v) is 14.6. The number of H-pyrrole nitrogens is 2. The number of aromatic nitrogens is 4. The molecule has 0 saturated carbocycles. The third kappa shape index (κ3) is 8.47. The van der Waals surface area contributed by atoms with Crippen LogP contribution >= 0.6 is 0 Å². The molecule has 0 spiro atoms. The zero-order valence-corrected chi connectivity index (χ0v) is 32.4. The molecule has 2 aromatic heterocycles. The van der Waals surface area contributed by atoms with Crippen LogP contribution in [0, 0.1) is 17.8 Å². The monoisotopic (exact) mass is 770 g/mol. The Hall–Kier alpha value is -6.62. The molecule has 0 aliphatic carbocycles. The number of hydrogen-bond donors (Lipinski definition) is 4. The molecule has 0 radical (unpaired) electrons. The molecule has 1 unspecified atom stereocenters. The van der Waals surface area contributed by atoms with Gasteiger partial charge < -0.3 is 39.9 Å². The first kappa shape index (κ1) is 38.6. The summed E-state index contributed by atoms with van der Waals surface area (Å²) >= 11 is 0. The van der Waals surface area contributed by atoms with E-state index in [0.717, 1.165) is 53.3 Å². The highest BCUT2D eigenvalue weighted by Gasteiger charge is 2.38. The second-order valence-electron chi connectivity index (χ2n) is 14.6. The Balaban J connectivity index is 1.03. The molecule has 5 aromatic rings. The first-order valence-electron chi connectivity index (χ1n) is 19.1. The normalized spacial score (nSPS) is 17.5. The van der Waals surface area contributed by atoms with Gasteiger partial charge in [-0.15, -0.1) is 0 Å². The molecule has 14 heteroatoms. The van der Waals surface area contributed by atoms with E-state index in [1.807, 2.05) is 62.4 Å². The van der Waals surface area contributed by atoms with Crippen LogP contribution in [-0.2, 0) is 19.1 Å². The van der Waals surface area contributed by atoms with Crippen molar-refractivity contribution in [2.45, 2.75) is 63.7 Å². The number of rotatable bonds is 9. The number of aromatic amines is 2. The van der Waals surface area contributed by atoms with Gasteiger partial charge in [-0.1, -0.05) is 68.3 Å². The van der Waals surface area contributed by atoms with Crippen molar-refractivity contribution in [3.8, 4) is 23.1 Å². The summed E-state index contributed by atoms with van der Waals surface area (Å²) in [5.74, 6) is 7.29. The summed E-state index contributed by atoms with van der Waals surface area (Å²) in [6, 6.07) is 19.2. The highest BCUT2D eigenvalue weighted by molar-refractivity contribution is 5.89. The number of nitrogens with one attached hydrogen (secondary N) is 4. The van der Waals surface area contributed by atoms with Crippen LogP contribution in [0.5, 0.6) is 0 Å². The number of benzene rings is 3. The molecule has 0 bridgehead atoms. The Morgan fingerprint density at radius 2 is 1.39 bits per heavy atom. The molecule has 4 N–H and O–H groups in total. The third-order valence-corrected chi connectivity index (χ3v) is 10.6. The fourth-order valence-corrected chi connectivity index (χ4v) is 7.64. The molecule has 7 rings (SSSR count). The van der Waals surface area contributed by atoms with E-state index in [2.05, 4.69) is 48.5 Å². The number of carbonyl (C=O) groups is 4. The minimum absolute atomic E-state index is 0.113. The molecular weight excluding hydrogens is 725 g/mol. The first-order valence-corrected chi connectivity index (χ1v) is 19.1. The lowest BCUT2D eigenvalue weighted by Crippen LogP contribution is -2.51. The molecule has 4 heterocycles. The van der Waals surface area contributed by atoms with Gasteiger partial charge in [0.1, 0.15) is 29.4 Å². The predicted octanol–water partition coefficient (Wildman–Crippen LogP) is 6.16. The number of nitrogens with zero attached hydrogens (tertiary/aromatic N) is 4. The molecule has 2 saturated heterocycles. The Morgan fingerprint density at radius 3 is 2.09 bits per heavy atom. The average Bonchev–Trinajstić information content (AvgIpc) is 4.07. The molecule has 4 amide bonds. The first-order chi connectivity index (χ1) is 27.6. The summed E-state index contributed by atoms with van der Waals surface area (Å²) in [4.78, 5) is 71.1. The molecule has 2 aliphatic heterocycles. The van der Waals surface area contributed by atoms with Crippen molar-refractivity contribution >= 4 is 34.8 Å². The average molecular weight is 771 g/mol. The van der Waals surface area contributed by atoms with Crippen LogP contribution < -0.4 is 10.6 Å². The van der Waals surface area contributed by atoms with E-state index >= 15 is 0 Å². The van der Waals surface area contributed by atoms with Crippen molar-refractivity contribution < 1.29 is 28.7 Å². The van der Waals surface area contributed by atoms with Gasteiger partial charge in [-0.05, 0) is 72.1 Å². The number of imidazole rings is 2. The van der Waals surface area contributed by atoms with Crippen LogP contribution in [0.1, 0.15) is 86.1 Å². The Bertz CT molecular complexity index is 2330. The number of likely N-dealkylation sites (tertiary alicyclic amines) is 2. The quantitative estimate of drug-likeness (QED) is 0.129. The van der Waals surface area contributed by atoms with E-state index < -0.39 is 24.3 Å². The van der Waals surface area contributed by atoms with Crippen LogP contribution in [-0.4, -0.2) is 87.1 Å². The maximum Gasteiger partial charge on any atom is 0.407 e. The van der Waals surface area contributed by atoms with Gasteiger partial charge >= 0.3 is 12.2 Å². The fraction of sp³-hybridized carbons (Fsp3) is 0.349. The summed E-state index contributed by atoms with van der Waals surface area (Å²) < 4.78 is 9.56. The fourth-order valence-electron chi connectivity index (χ4n) is 7.64. The van der Waals surface area contributed by atoms with Crippen molar-refractivity contribution in [1.82, 2.24) is 40.4 Å². The van der Waals surface area contributed by atoms with Crippen LogP contribution in [0.15, 0.2) is 79.1 Å². The number of ether oxygens (including phenoxy) is 2. The molecule has 3 aromatic carbocycles. The molecule has 4 atom stereocenters. The summed E-state index contributed by atoms with van der Waals surface area (Å²) in [7, 11) is 2.56. The maximum absolute atomic E-state index is 13.8. The Morgan fingerprint density at radius 1 is 0.754 bits per heavy atom. The lowest BCUT2D eigenvalue weighted by atomic mass is 10.0. The SMILES string of the molecule is COC(=O)NC(C(=O)N1CCC[C@H]1c1ncc(-c2ccc3cc(C#Cc4cnc([C@@H]5CCCN5C(=O)[C@H](NC(=O)OC)c5ccccc5)[nH]4)ccc3c2)[nH]1)C(C)C. The molecule has 294 valence electrons. The molecule has 2 aliphatic rings. The van der Waals surface area contributed by atoms with Gasteiger partial charge in [-0.25, -0.2) is 19.6 Å².